The van der Waals surface area contributed by atoms with E-state index in [-0.39, 0.29) is 19.1 Å². The van der Waals surface area contributed by atoms with Crippen LogP contribution in [0.2, 0.25) is 0 Å². The summed E-state index contributed by atoms with van der Waals surface area (Å²) in [7, 11) is 0. The Balaban J connectivity index is 1.84. The van der Waals surface area contributed by atoms with E-state index in [0.717, 1.165) is 10.0 Å². The van der Waals surface area contributed by atoms with Crippen molar-refractivity contribution in [3.63, 3.8) is 0 Å². The average molecular weight is 457 g/mol. The fourth-order valence-corrected chi connectivity index (χ4v) is 3.02. The van der Waals surface area contributed by atoms with Gasteiger partial charge < -0.3 is 15.8 Å². The number of halogens is 1. The zero-order valence-electron chi connectivity index (χ0n) is 16.1. The molecular formula is C20H21BrN6O2. The number of nitriles is 1. The van der Waals surface area contributed by atoms with Gasteiger partial charge >= 0.3 is 0 Å². The standard InChI is InChI=1S/C20H21BrN6O2/c1-20(2,23)19(28)24-16(12-29-11-14-6-4-3-5-13(14)9-22)18-26-25-17-8-7-15(21)10-27(17)18/h3-8,10,16H,11-12,23H2,1-2H3,(H,24,28)/t16-/m1/s1. The van der Waals surface area contributed by atoms with Gasteiger partial charge in [-0.1, -0.05) is 18.2 Å². The van der Waals surface area contributed by atoms with Crippen molar-refractivity contribution < 1.29 is 9.53 Å². The minimum atomic E-state index is -1.06. The molecule has 0 saturated carbocycles. The highest BCUT2D eigenvalue weighted by atomic mass is 79.9. The number of amides is 1. The number of nitrogens with zero attached hydrogens (tertiary/aromatic N) is 4. The molecule has 1 amide bonds. The molecule has 3 N–H and O–H groups in total. The molecule has 0 bridgehead atoms. The summed E-state index contributed by atoms with van der Waals surface area (Å²) in [5.41, 5.74) is 6.84. The zero-order chi connectivity index (χ0) is 21.0. The van der Waals surface area contributed by atoms with Gasteiger partial charge in [0.2, 0.25) is 5.91 Å². The van der Waals surface area contributed by atoms with Crippen LogP contribution in [0.25, 0.3) is 5.65 Å². The molecule has 0 aliphatic heterocycles. The lowest BCUT2D eigenvalue weighted by molar-refractivity contribution is -0.126. The number of pyridine rings is 1. The van der Waals surface area contributed by atoms with E-state index in [2.05, 4.69) is 37.5 Å². The number of hydrogen-bond donors (Lipinski definition) is 2. The Morgan fingerprint density at radius 2 is 2.10 bits per heavy atom. The molecule has 0 saturated heterocycles. The Labute approximate surface area is 176 Å². The van der Waals surface area contributed by atoms with Gasteiger partial charge in [-0.3, -0.25) is 9.20 Å². The number of carbonyl (C=O) groups is 1. The first-order chi connectivity index (χ1) is 13.8. The van der Waals surface area contributed by atoms with Gasteiger partial charge in [-0.25, -0.2) is 0 Å². The normalized spacial score (nSPS) is 12.5. The van der Waals surface area contributed by atoms with E-state index < -0.39 is 11.6 Å². The highest BCUT2D eigenvalue weighted by molar-refractivity contribution is 9.10. The van der Waals surface area contributed by atoms with Gasteiger partial charge in [-0.15, -0.1) is 10.2 Å². The summed E-state index contributed by atoms with van der Waals surface area (Å²) in [4.78, 5) is 12.5. The number of ether oxygens (including phenoxy) is 1. The van der Waals surface area contributed by atoms with Gasteiger partial charge in [0.1, 0.15) is 6.04 Å². The maximum Gasteiger partial charge on any atom is 0.240 e. The third-order valence-corrected chi connectivity index (χ3v) is 4.74. The van der Waals surface area contributed by atoms with Crippen LogP contribution in [-0.4, -0.2) is 32.7 Å². The van der Waals surface area contributed by atoms with Crippen molar-refractivity contribution in [2.45, 2.75) is 32.0 Å². The quantitative estimate of drug-likeness (QED) is 0.563. The van der Waals surface area contributed by atoms with Gasteiger partial charge in [0.15, 0.2) is 11.5 Å². The lowest BCUT2D eigenvalue weighted by Gasteiger charge is -2.23. The molecule has 0 fully saturated rings. The molecule has 0 aliphatic rings. The molecule has 29 heavy (non-hydrogen) atoms. The number of nitrogens with one attached hydrogen (secondary N) is 1. The Morgan fingerprint density at radius 3 is 2.83 bits per heavy atom. The highest BCUT2D eigenvalue weighted by Crippen LogP contribution is 2.19. The number of fused-ring (bicyclic) bond motifs is 1. The average Bonchev–Trinajstić information content (AvgIpc) is 3.09. The number of aromatic nitrogens is 3. The molecule has 0 spiro atoms. The lowest BCUT2D eigenvalue weighted by Crippen LogP contribution is -2.50. The highest BCUT2D eigenvalue weighted by Gasteiger charge is 2.28. The Kier molecular flexibility index (Phi) is 6.27. The molecule has 3 aromatic rings. The van der Waals surface area contributed by atoms with Crippen LogP contribution in [0.3, 0.4) is 0 Å². The number of benzene rings is 1. The van der Waals surface area contributed by atoms with Crippen molar-refractivity contribution in [3.05, 3.63) is 64.0 Å². The first-order valence-corrected chi connectivity index (χ1v) is 9.74. The number of nitrogens with two attached hydrogens (primary N) is 1. The van der Waals surface area contributed by atoms with Crippen LogP contribution < -0.4 is 11.1 Å². The molecular weight excluding hydrogens is 436 g/mol. The van der Waals surface area contributed by atoms with Gasteiger partial charge in [0, 0.05) is 10.7 Å². The van der Waals surface area contributed by atoms with Crippen molar-refractivity contribution in [2.75, 3.05) is 6.61 Å². The number of rotatable bonds is 7. The molecule has 1 aromatic carbocycles. The van der Waals surface area contributed by atoms with Gasteiger partial charge in [-0.2, -0.15) is 5.26 Å². The second kappa shape index (κ2) is 8.69. The van der Waals surface area contributed by atoms with E-state index in [0.29, 0.717) is 17.0 Å². The monoisotopic (exact) mass is 456 g/mol. The molecule has 2 aromatic heterocycles. The lowest BCUT2D eigenvalue weighted by atomic mass is 10.1. The Bertz CT molecular complexity index is 1070. The first-order valence-electron chi connectivity index (χ1n) is 8.95. The van der Waals surface area contributed by atoms with Gasteiger partial charge in [-0.05, 0) is 53.5 Å². The summed E-state index contributed by atoms with van der Waals surface area (Å²) in [5, 5.41) is 20.5. The molecule has 2 heterocycles. The summed E-state index contributed by atoms with van der Waals surface area (Å²) in [6.45, 7) is 3.61. The van der Waals surface area contributed by atoms with Crippen LogP contribution in [0.15, 0.2) is 47.1 Å². The van der Waals surface area contributed by atoms with Crippen molar-refractivity contribution >= 4 is 27.5 Å². The summed E-state index contributed by atoms with van der Waals surface area (Å²) in [6.07, 6.45) is 1.82. The summed E-state index contributed by atoms with van der Waals surface area (Å²) in [6, 6.07) is 12.5. The Morgan fingerprint density at radius 1 is 1.34 bits per heavy atom. The summed E-state index contributed by atoms with van der Waals surface area (Å²) >= 11 is 3.44. The second-order valence-corrected chi connectivity index (χ2v) is 8.08. The second-order valence-electron chi connectivity index (χ2n) is 7.17. The molecule has 0 unspecified atom stereocenters. The topological polar surface area (TPSA) is 118 Å². The van der Waals surface area contributed by atoms with Gasteiger partial charge in [0.05, 0.1) is 30.4 Å². The minimum absolute atomic E-state index is 0.134. The predicted octanol–water partition coefficient (Wildman–Crippen LogP) is 2.47. The van der Waals surface area contributed by atoms with Crippen molar-refractivity contribution in [1.82, 2.24) is 19.9 Å². The van der Waals surface area contributed by atoms with E-state index in [1.165, 1.54) is 0 Å². The largest absolute Gasteiger partial charge is 0.374 e. The maximum atomic E-state index is 12.5. The molecule has 8 nitrogen and oxygen atoms in total. The number of carbonyl (C=O) groups excluding carboxylic acids is 1. The fourth-order valence-electron chi connectivity index (χ4n) is 2.69. The Hall–Kier alpha value is -2.80. The predicted molar refractivity (Wildman–Crippen MR) is 111 cm³/mol. The van der Waals surface area contributed by atoms with E-state index in [1.807, 2.05) is 30.5 Å². The van der Waals surface area contributed by atoms with Crippen LogP contribution in [0, 0.1) is 11.3 Å². The molecule has 150 valence electrons. The third-order valence-electron chi connectivity index (χ3n) is 4.27. The van der Waals surface area contributed by atoms with Crippen LogP contribution in [0.1, 0.15) is 36.8 Å². The maximum absolute atomic E-state index is 12.5. The van der Waals surface area contributed by atoms with Gasteiger partial charge in [0.25, 0.3) is 0 Å². The van der Waals surface area contributed by atoms with Crippen molar-refractivity contribution in [1.29, 1.82) is 5.26 Å². The smallest absolute Gasteiger partial charge is 0.240 e. The minimum Gasteiger partial charge on any atom is -0.374 e. The molecule has 0 radical (unpaired) electrons. The first kappa shape index (κ1) is 20.9. The van der Waals surface area contributed by atoms with E-state index >= 15 is 0 Å². The van der Waals surface area contributed by atoms with Crippen molar-refractivity contribution in [2.24, 2.45) is 5.73 Å². The summed E-state index contributed by atoms with van der Waals surface area (Å²) in [5.74, 6) is 0.183. The van der Waals surface area contributed by atoms with E-state index in [4.69, 9.17) is 10.5 Å². The van der Waals surface area contributed by atoms with Crippen LogP contribution >= 0.6 is 15.9 Å². The van der Waals surface area contributed by atoms with Crippen LogP contribution in [0.5, 0.6) is 0 Å². The molecule has 0 aliphatic carbocycles. The molecule has 1 atom stereocenters. The SMILES string of the molecule is CC(C)(N)C(=O)N[C@H](COCc1ccccc1C#N)c1nnc2ccc(Br)cn12. The van der Waals surface area contributed by atoms with Crippen molar-refractivity contribution in [3.8, 4) is 6.07 Å². The molecule has 3 rings (SSSR count). The van der Waals surface area contributed by atoms with E-state index in [9.17, 15) is 10.1 Å². The fraction of sp³-hybridized carbons (Fsp3) is 0.300. The number of hydrogen-bond acceptors (Lipinski definition) is 6. The van der Waals surface area contributed by atoms with Crippen LogP contribution in [0.4, 0.5) is 0 Å². The molecule has 9 heteroatoms. The summed E-state index contributed by atoms with van der Waals surface area (Å²) < 4.78 is 8.47. The van der Waals surface area contributed by atoms with Crippen LogP contribution in [-0.2, 0) is 16.1 Å². The zero-order valence-corrected chi connectivity index (χ0v) is 17.7. The third kappa shape index (κ3) is 4.98. The van der Waals surface area contributed by atoms with E-state index in [1.54, 1.807) is 30.4 Å².